The first-order valence-electron chi connectivity index (χ1n) is 10.9. The Balaban J connectivity index is 1.25. The van der Waals surface area contributed by atoms with Crippen molar-refractivity contribution >= 4 is 34.1 Å². The summed E-state index contributed by atoms with van der Waals surface area (Å²) in [5, 5.41) is 10.2. The molecule has 1 aliphatic rings. The number of anilines is 1. The molecule has 5 heterocycles. The van der Waals surface area contributed by atoms with E-state index in [0.29, 0.717) is 23.6 Å². The lowest BCUT2D eigenvalue weighted by Crippen LogP contribution is -2.23. The Kier molecular flexibility index (Phi) is 6.13. The molecule has 0 aliphatic carbocycles. The Morgan fingerprint density at radius 2 is 2.03 bits per heavy atom. The molecule has 0 N–H and O–H groups in total. The predicted octanol–water partition coefficient (Wildman–Crippen LogP) is 5.12. The van der Waals surface area contributed by atoms with Crippen LogP contribution in [0.3, 0.4) is 0 Å². The molecule has 0 fully saturated rings. The lowest BCUT2D eigenvalue weighted by molar-refractivity contribution is 0.256. The van der Waals surface area contributed by atoms with Crippen molar-refractivity contribution in [3.8, 4) is 16.5 Å². The van der Waals surface area contributed by atoms with Crippen LogP contribution in [0.4, 0.5) is 6.01 Å². The minimum atomic E-state index is -0.159. The van der Waals surface area contributed by atoms with Gasteiger partial charge in [-0.25, -0.2) is 14.5 Å². The summed E-state index contributed by atoms with van der Waals surface area (Å²) in [6.45, 7) is 8.71. The van der Waals surface area contributed by atoms with E-state index in [9.17, 15) is 0 Å². The first-order valence-corrected chi connectivity index (χ1v) is 13.0. The van der Waals surface area contributed by atoms with E-state index in [4.69, 9.17) is 14.2 Å². The topological polar surface area (TPSA) is 94.5 Å². The normalized spacial score (nSPS) is 14.8. The molecule has 0 spiro atoms. The Labute approximate surface area is 205 Å². The number of imidazole rings is 1. The minimum Gasteiger partial charge on any atom is -0.461 e. The second kappa shape index (κ2) is 9.22. The SMILES string of the molecule is CSc1ccc(-c2cn3nc(O[C@@H](C)C4=CCN(c5nc(C(C)C)no5)C=C4)sc3n2)c(C)n1. The van der Waals surface area contributed by atoms with Gasteiger partial charge in [0.05, 0.1) is 16.9 Å². The van der Waals surface area contributed by atoms with E-state index in [-0.39, 0.29) is 12.0 Å². The summed E-state index contributed by atoms with van der Waals surface area (Å²) in [6.07, 6.45) is 9.80. The molecular formula is C23H25N7O2S2. The second-order valence-electron chi connectivity index (χ2n) is 8.23. The average Bonchev–Trinajstić information content (AvgIpc) is 3.54. The lowest BCUT2D eigenvalue weighted by atomic mass is 10.1. The number of thioether (sulfide) groups is 1. The predicted molar refractivity (Wildman–Crippen MR) is 134 cm³/mol. The molecule has 176 valence electrons. The van der Waals surface area contributed by atoms with Gasteiger partial charge in [-0.15, -0.1) is 16.9 Å². The summed E-state index contributed by atoms with van der Waals surface area (Å²) in [5.41, 5.74) is 3.88. The molecule has 1 aliphatic heterocycles. The summed E-state index contributed by atoms with van der Waals surface area (Å²) in [6, 6.07) is 4.57. The molecule has 0 aromatic carbocycles. The fourth-order valence-corrected chi connectivity index (χ4v) is 4.77. The molecule has 0 saturated heterocycles. The fraction of sp³-hybridized carbons (Fsp3) is 0.348. The molecule has 0 unspecified atom stereocenters. The molecule has 11 heteroatoms. The summed E-state index contributed by atoms with van der Waals surface area (Å²) in [5.74, 6) is 0.929. The van der Waals surface area contributed by atoms with Crippen LogP contribution in [0.1, 0.15) is 38.2 Å². The number of aromatic nitrogens is 6. The molecule has 4 aromatic heterocycles. The first-order chi connectivity index (χ1) is 16.4. The Bertz CT molecular complexity index is 1350. The molecule has 4 aromatic rings. The van der Waals surface area contributed by atoms with Gasteiger partial charge in [0.1, 0.15) is 6.10 Å². The monoisotopic (exact) mass is 495 g/mol. The Morgan fingerprint density at radius 3 is 2.68 bits per heavy atom. The van der Waals surface area contributed by atoms with Crippen molar-refractivity contribution in [3.63, 3.8) is 0 Å². The van der Waals surface area contributed by atoms with Gasteiger partial charge in [-0.1, -0.05) is 25.1 Å². The van der Waals surface area contributed by atoms with E-state index in [1.807, 2.05) is 63.4 Å². The summed E-state index contributed by atoms with van der Waals surface area (Å²) < 4.78 is 13.2. The number of ether oxygens (including phenoxy) is 1. The molecule has 5 rings (SSSR count). The van der Waals surface area contributed by atoms with Crippen molar-refractivity contribution in [1.29, 1.82) is 0 Å². The molecule has 0 radical (unpaired) electrons. The smallest absolute Gasteiger partial charge is 0.328 e. The molecule has 34 heavy (non-hydrogen) atoms. The zero-order valence-corrected chi connectivity index (χ0v) is 21.2. The maximum atomic E-state index is 6.12. The first kappa shape index (κ1) is 22.6. The third-order valence-electron chi connectivity index (χ3n) is 5.48. The van der Waals surface area contributed by atoms with Crippen molar-refractivity contribution in [3.05, 3.63) is 53.8 Å². The van der Waals surface area contributed by atoms with Crippen LogP contribution in [0.25, 0.3) is 16.2 Å². The number of aryl methyl sites for hydroxylation is 1. The molecular weight excluding hydrogens is 470 g/mol. The van der Waals surface area contributed by atoms with Crippen molar-refractivity contribution < 1.29 is 9.26 Å². The van der Waals surface area contributed by atoms with E-state index in [0.717, 1.165) is 32.5 Å². The number of pyridine rings is 1. The summed E-state index contributed by atoms with van der Waals surface area (Å²) in [4.78, 5) is 16.5. The van der Waals surface area contributed by atoms with Crippen LogP contribution in [0, 0.1) is 6.92 Å². The maximum Gasteiger partial charge on any atom is 0.328 e. The van der Waals surface area contributed by atoms with E-state index in [1.165, 1.54) is 11.3 Å². The van der Waals surface area contributed by atoms with E-state index in [2.05, 4.69) is 32.4 Å². The molecule has 1 atom stereocenters. The van der Waals surface area contributed by atoms with Gasteiger partial charge in [-0.3, -0.25) is 4.90 Å². The van der Waals surface area contributed by atoms with Crippen LogP contribution in [0.5, 0.6) is 5.19 Å². The van der Waals surface area contributed by atoms with Crippen LogP contribution in [0.15, 0.2) is 51.8 Å². The highest BCUT2D eigenvalue weighted by molar-refractivity contribution is 7.98. The number of fused-ring (bicyclic) bond motifs is 1. The van der Waals surface area contributed by atoms with E-state index in [1.54, 1.807) is 16.3 Å². The second-order valence-corrected chi connectivity index (χ2v) is 9.98. The van der Waals surface area contributed by atoms with Gasteiger partial charge >= 0.3 is 6.01 Å². The number of rotatable bonds is 7. The van der Waals surface area contributed by atoms with Gasteiger partial charge in [0.2, 0.25) is 4.96 Å². The Morgan fingerprint density at radius 1 is 1.18 bits per heavy atom. The lowest BCUT2D eigenvalue weighted by Gasteiger charge is -2.21. The third kappa shape index (κ3) is 4.45. The van der Waals surface area contributed by atoms with Gasteiger partial charge in [-0.2, -0.15) is 4.98 Å². The number of nitrogens with zero attached hydrogens (tertiary/aromatic N) is 7. The average molecular weight is 496 g/mol. The quantitative estimate of drug-likeness (QED) is 0.324. The summed E-state index contributed by atoms with van der Waals surface area (Å²) >= 11 is 3.05. The van der Waals surface area contributed by atoms with Crippen LogP contribution in [-0.2, 0) is 0 Å². The zero-order valence-electron chi connectivity index (χ0n) is 19.6. The van der Waals surface area contributed by atoms with Crippen LogP contribution < -0.4 is 9.64 Å². The van der Waals surface area contributed by atoms with Gasteiger partial charge in [0.25, 0.3) is 5.19 Å². The zero-order chi connectivity index (χ0) is 23.8. The Hall–Kier alpha value is -3.18. The van der Waals surface area contributed by atoms with Gasteiger partial charge in [0.15, 0.2) is 5.82 Å². The molecule has 9 nitrogen and oxygen atoms in total. The molecule has 0 amide bonds. The van der Waals surface area contributed by atoms with Gasteiger partial charge in [0, 0.05) is 29.9 Å². The van der Waals surface area contributed by atoms with Gasteiger partial charge < -0.3 is 9.26 Å². The van der Waals surface area contributed by atoms with Crippen molar-refractivity contribution in [2.24, 2.45) is 0 Å². The maximum absolute atomic E-state index is 6.12. The highest BCUT2D eigenvalue weighted by Crippen LogP contribution is 2.29. The largest absolute Gasteiger partial charge is 0.461 e. The van der Waals surface area contributed by atoms with Crippen molar-refractivity contribution in [1.82, 2.24) is 29.7 Å². The summed E-state index contributed by atoms with van der Waals surface area (Å²) in [7, 11) is 0. The third-order valence-corrected chi connectivity index (χ3v) is 6.94. The number of hydrogen-bond acceptors (Lipinski definition) is 10. The fourth-order valence-electron chi connectivity index (χ4n) is 3.53. The van der Waals surface area contributed by atoms with E-state index >= 15 is 0 Å². The van der Waals surface area contributed by atoms with E-state index < -0.39 is 0 Å². The highest BCUT2D eigenvalue weighted by Gasteiger charge is 2.20. The van der Waals surface area contributed by atoms with Crippen LogP contribution >= 0.6 is 23.1 Å². The molecule has 0 bridgehead atoms. The van der Waals surface area contributed by atoms with Gasteiger partial charge in [-0.05, 0) is 55.2 Å². The van der Waals surface area contributed by atoms with Crippen molar-refractivity contribution in [2.45, 2.75) is 44.7 Å². The standard InChI is InChI=1S/C23H25N7O2S2/c1-13(2)20-26-21(32-28-20)29-10-8-16(9-11-29)15(4)31-23-27-30-12-18(25-22(30)34-23)17-6-7-19(33-5)24-14(17)3/h6-10,12-13,15H,11H2,1-5H3/t15-/m0/s1. The molecule has 0 saturated carbocycles. The highest BCUT2D eigenvalue weighted by atomic mass is 32.2. The van der Waals surface area contributed by atoms with Crippen LogP contribution in [-0.4, -0.2) is 48.6 Å². The minimum absolute atomic E-state index is 0.159. The number of hydrogen-bond donors (Lipinski definition) is 0. The van der Waals surface area contributed by atoms with Crippen molar-refractivity contribution in [2.75, 3.05) is 17.7 Å². The van der Waals surface area contributed by atoms with Crippen LogP contribution in [0.2, 0.25) is 0 Å².